The lowest BCUT2D eigenvalue weighted by molar-refractivity contribution is -0.110. The number of aromatic hydroxyl groups is 1. The van der Waals surface area contributed by atoms with Gasteiger partial charge in [-0.1, -0.05) is 30.4 Å². The highest BCUT2D eigenvalue weighted by molar-refractivity contribution is 6.04. The standard InChI is InChI=1S/C19H18O4/c1-22-17-5-3-4-14(12-17)6-9-16(20)10-7-15-8-11-18(21)19(13-15)23-2/h3-13,21H,1-2H3/b9-6+,10-7+. The van der Waals surface area contributed by atoms with Gasteiger partial charge >= 0.3 is 0 Å². The van der Waals surface area contributed by atoms with Gasteiger partial charge in [0.05, 0.1) is 14.2 Å². The maximum atomic E-state index is 11.9. The number of carbonyl (C=O) groups is 1. The second-order valence-corrected chi connectivity index (χ2v) is 4.78. The summed E-state index contributed by atoms with van der Waals surface area (Å²) in [5.74, 6) is 1.03. The van der Waals surface area contributed by atoms with Crippen LogP contribution >= 0.6 is 0 Å². The van der Waals surface area contributed by atoms with Gasteiger partial charge in [0.1, 0.15) is 5.75 Å². The highest BCUT2D eigenvalue weighted by atomic mass is 16.5. The molecule has 0 radical (unpaired) electrons. The lowest BCUT2D eigenvalue weighted by Crippen LogP contribution is -1.87. The number of hydrogen-bond donors (Lipinski definition) is 1. The van der Waals surface area contributed by atoms with Crippen LogP contribution in [-0.2, 0) is 4.79 Å². The van der Waals surface area contributed by atoms with Gasteiger partial charge in [-0.25, -0.2) is 0 Å². The predicted molar refractivity (Wildman–Crippen MR) is 90.7 cm³/mol. The molecule has 0 spiro atoms. The number of methoxy groups -OCH3 is 2. The Hall–Kier alpha value is -3.01. The number of benzene rings is 2. The number of carbonyl (C=O) groups excluding carboxylic acids is 1. The lowest BCUT2D eigenvalue weighted by Gasteiger charge is -2.03. The van der Waals surface area contributed by atoms with Crippen LogP contribution in [0.1, 0.15) is 11.1 Å². The molecule has 0 atom stereocenters. The molecule has 2 aromatic carbocycles. The van der Waals surface area contributed by atoms with E-state index in [0.29, 0.717) is 5.75 Å². The van der Waals surface area contributed by atoms with E-state index in [1.165, 1.54) is 25.3 Å². The Balaban J connectivity index is 2.05. The van der Waals surface area contributed by atoms with E-state index in [1.54, 1.807) is 31.4 Å². The Bertz CT molecular complexity index is 745. The average molecular weight is 310 g/mol. The van der Waals surface area contributed by atoms with Crippen LogP contribution in [0.25, 0.3) is 12.2 Å². The Labute approximate surface area is 135 Å². The molecule has 0 bridgehead atoms. The molecular formula is C19H18O4. The normalized spacial score (nSPS) is 11.0. The van der Waals surface area contributed by atoms with Crippen molar-refractivity contribution < 1.29 is 19.4 Å². The van der Waals surface area contributed by atoms with Gasteiger partial charge in [0.25, 0.3) is 0 Å². The van der Waals surface area contributed by atoms with Gasteiger partial charge in [-0.2, -0.15) is 0 Å². The quantitative estimate of drug-likeness (QED) is 0.827. The second kappa shape index (κ2) is 7.84. The summed E-state index contributed by atoms with van der Waals surface area (Å²) in [6, 6.07) is 12.3. The topological polar surface area (TPSA) is 55.8 Å². The van der Waals surface area contributed by atoms with Crippen LogP contribution in [0.4, 0.5) is 0 Å². The third kappa shape index (κ3) is 4.74. The first-order valence-electron chi connectivity index (χ1n) is 7.03. The van der Waals surface area contributed by atoms with E-state index in [0.717, 1.165) is 16.9 Å². The zero-order chi connectivity index (χ0) is 16.7. The molecule has 0 fully saturated rings. The molecule has 0 saturated carbocycles. The van der Waals surface area contributed by atoms with Crippen molar-refractivity contribution in [1.82, 2.24) is 0 Å². The smallest absolute Gasteiger partial charge is 0.178 e. The molecule has 118 valence electrons. The van der Waals surface area contributed by atoms with Crippen molar-refractivity contribution in [3.05, 3.63) is 65.7 Å². The molecule has 0 heterocycles. The average Bonchev–Trinajstić information content (AvgIpc) is 2.59. The fourth-order valence-corrected chi connectivity index (χ4v) is 1.96. The van der Waals surface area contributed by atoms with Crippen molar-refractivity contribution in [2.24, 2.45) is 0 Å². The number of hydrogen-bond acceptors (Lipinski definition) is 4. The van der Waals surface area contributed by atoms with Gasteiger partial charge in [0, 0.05) is 0 Å². The predicted octanol–water partition coefficient (Wildman–Crippen LogP) is 3.71. The Morgan fingerprint density at radius 1 is 0.957 bits per heavy atom. The van der Waals surface area contributed by atoms with Gasteiger partial charge in [0.2, 0.25) is 0 Å². The highest BCUT2D eigenvalue weighted by Gasteiger charge is 2.00. The van der Waals surface area contributed by atoms with Crippen LogP contribution in [0.5, 0.6) is 17.2 Å². The summed E-state index contributed by atoms with van der Waals surface area (Å²) < 4.78 is 10.2. The Morgan fingerprint density at radius 2 is 1.65 bits per heavy atom. The maximum Gasteiger partial charge on any atom is 0.178 e. The number of phenolic OH excluding ortho intramolecular Hbond substituents is 1. The molecule has 0 saturated heterocycles. The fraction of sp³-hybridized carbons (Fsp3) is 0.105. The van der Waals surface area contributed by atoms with Gasteiger partial charge in [-0.3, -0.25) is 4.79 Å². The summed E-state index contributed by atoms with van der Waals surface area (Å²) in [4.78, 5) is 11.9. The van der Waals surface area contributed by atoms with Crippen LogP contribution in [0.15, 0.2) is 54.6 Å². The van der Waals surface area contributed by atoms with E-state index < -0.39 is 0 Å². The molecule has 2 aromatic rings. The molecule has 0 unspecified atom stereocenters. The van der Waals surface area contributed by atoms with Crippen LogP contribution in [0, 0.1) is 0 Å². The number of rotatable bonds is 6. The van der Waals surface area contributed by atoms with E-state index >= 15 is 0 Å². The first kappa shape index (κ1) is 16.4. The summed E-state index contributed by atoms with van der Waals surface area (Å²) in [5, 5.41) is 9.53. The lowest BCUT2D eigenvalue weighted by atomic mass is 10.1. The summed E-state index contributed by atoms with van der Waals surface area (Å²) >= 11 is 0. The number of phenols is 1. The van der Waals surface area contributed by atoms with Crippen molar-refractivity contribution in [3.8, 4) is 17.2 Å². The zero-order valence-electron chi connectivity index (χ0n) is 13.0. The van der Waals surface area contributed by atoms with Gasteiger partial charge in [-0.05, 0) is 47.5 Å². The minimum Gasteiger partial charge on any atom is -0.504 e. The molecule has 1 N–H and O–H groups in total. The number of allylic oxidation sites excluding steroid dienone is 2. The van der Waals surface area contributed by atoms with Crippen molar-refractivity contribution >= 4 is 17.9 Å². The Kier molecular flexibility index (Phi) is 5.58. The fourth-order valence-electron chi connectivity index (χ4n) is 1.96. The van der Waals surface area contributed by atoms with Crippen LogP contribution < -0.4 is 9.47 Å². The first-order chi connectivity index (χ1) is 11.1. The van der Waals surface area contributed by atoms with Crippen molar-refractivity contribution in [1.29, 1.82) is 0 Å². The number of ether oxygens (including phenoxy) is 2. The summed E-state index contributed by atoms with van der Waals surface area (Å²) in [5.41, 5.74) is 1.65. The molecule has 0 amide bonds. The van der Waals surface area contributed by atoms with Crippen molar-refractivity contribution in [3.63, 3.8) is 0 Å². The third-order valence-electron chi connectivity index (χ3n) is 3.18. The molecule has 23 heavy (non-hydrogen) atoms. The summed E-state index contributed by atoms with van der Waals surface area (Å²) in [6.45, 7) is 0. The second-order valence-electron chi connectivity index (χ2n) is 4.78. The molecule has 4 heteroatoms. The first-order valence-corrected chi connectivity index (χ1v) is 7.03. The third-order valence-corrected chi connectivity index (χ3v) is 3.18. The largest absolute Gasteiger partial charge is 0.504 e. The molecule has 2 rings (SSSR count). The SMILES string of the molecule is COc1cccc(/C=C/C(=O)/C=C/c2ccc(O)c(OC)c2)c1. The van der Waals surface area contributed by atoms with Crippen LogP contribution in [-0.4, -0.2) is 25.1 Å². The van der Waals surface area contributed by atoms with Crippen LogP contribution in [0.3, 0.4) is 0 Å². The minimum atomic E-state index is -0.139. The highest BCUT2D eigenvalue weighted by Crippen LogP contribution is 2.26. The molecule has 4 nitrogen and oxygen atoms in total. The Morgan fingerprint density at radius 3 is 2.30 bits per heavy atom. The monoisotopic (exact) mass is 310 g/mol. The van der Waals surface area contributed by atoms with Crippen molar-refractivity contribution in [2.45, 2.75) is 0 Å². The van der Waals surface area contributed by atoms with E-state index in [9.17, 15) is 9.90 Å². The summed E-state index contributed by atoms with van der Waals surface area (Å²) in [6.07, 6.45) is 6.35. The van der Waals surface area contributed by atoms with Crippen LogP contribution in [0.2, 0.25) is 0 Å². The minimum absolute atomic E-state index is 0.0638. The van der Waals surface area contributed by atoms with E-state index in [-0.39, 0.29) is 11.5 Å². The molecule has 0 aliphatic carbocycles. The van der Waals surface area contributed by atoms with E-state index in [2.05, 4.69) is 0 Å². The molecular weight excluding hydrogens is 292 g/mol. The zero-order valence-corrected chi connectivity index (χ0v) is 13.0. The molecule has 0 aliphatic rings. The molecule has 0 aliphatic heterocycles. The van der Waals surface area contributed by atoms with Gasteiger partial charge in [-0.15, -0.1) is 0 Å². The van der Waals surface area contributed by atoms with E-state index in [4.69, 9.17) is 9.47 Å². The summed E-state index contributed by atoms with van der Waals surface area (Å²) in [7, 11) is 3.08. The van der Waals surface area contributed by atoms with Gasteiger partial charge in [0.15, 0.2) is 17.3 Å². The van der Waals surface area contributed by atoms with Crippen molar-refractivity contribution in [2.75, 3.05) is 14.2 Å². The number of ketones is 1. The van der Waals surface area contributed by atoms with E-state index in [1.807, 2.05) is 24.3 Å². The maximum absolute atomic E-state index is 11.9. The molecule has 0 aromatic heterocycles. The van der Waals surface area contributed by atoms with Gasteiger partial charge < -0.3 is 14.6 Å².